The molecule has 226 valence electrons. The first kappa shape index (κ1) is 27.6. The van der Waals surface area contributed by atoms with Crippen molar-refractivity contribution in [2.45, 2.75) is 57.4 Å². The molecule has 3 aromatic heterocycles. The number of para-hydroxylation sites is 1. The molecular weight excluding hydrogens is 578 g/mol. The molecule has 0 radical (unpaired) electrons. The number of halogens is 1. The number of rotatable bonds is 7. The highest BCUT2D eigenvalue weighted by atomic mass is 35.5. The topological polar surface area (TPSA) is 103 Å². The Labute approximate surface area is 260 Å². The number of hydrogen-bond acceptors (Lipinski definition) is 8. The van der Waals surface area contributed by atoms with Crippen LogP contribution in [-0.2, 0) is 17.8 Å². The fourth-order valence-electron chi connectivity index (χ4n) is 6.51. The molecule has 0 amide bonds. The molecule has 2 atom stereocenters. The Kier molecular flexibility index (Phi) is 7.20. The number of likely N-dealkylation sites (tertiary alicyclic amines) is 1. The summed E-state index contributed by atoms with van der Waals surface area (Å²) in [5.74, 6) is 4.58. The number of H-pyrrole nitrogens is 1. The number of aromatic amines is 1. The number of ether oxygens (including phenoxy) is 3. The van der Waals surface area contributed by atoms with Gasteiger partial charge >= 0.3 is 0 Å². The van der Waals surface area contributed by atoms with Gasteiger partial charge in [-0.2, -0.15) is 0 Å². The predicted molar refractivity (Wildman–Crippen MR) is 166 cm³/mol. The van der Waals surface area contributed by atoms with Gasteiger partial charge in [-0.25, -0.2) is 4.98 Å². The summed E-state index contributed by atoms with van der Waals surface area (Å²) in [4.78, 5) is 15.5. The maximum Gasteiger partial charge on any atom is 0.180 e. The van der Waals surface area contributed by atoms with E-state index in [0.29, 0.717) is 23.4 Å². The van der Waals surface area contributed by atoms with E-state index in [4.69, 9.17) is 30.8 Å². The molecule has 2 saturated heterocycles. The maximum absolute atomic E-state index is 6.40. The lowest BCUT2D eigenvalue weighted by Gasteiger charge is -2.35. The fourth-order valence-corrected chi connectivity index (χ4v) is 6.64. The summed E-state index contributed by atoms with van der Waals surface area (Å²) in [6.45, 7) is 6.72. The third-order valence-corrected chi connectivity index (χ3v) is 9.28. The fraction of sp³-hybridized carbons (Fsp3) is 0.394. The Balaban J connectivity index is 0.977. The maximum atomic E-state index is 6.40. The molecule has 2 aromatic carbocycles. The zero-order valence-electron chi connectivity index (χ0n) is 24.6. The van der Waals surface area contributed by atoms with E-state index in [9.17, 15) is 0 Å². The molecular formula is C33H34ClN7O3. The molecule has 0 saturated carbocycles. The van der Waals surface area contributed by atoms with Crippen molar-refractivity contribution in [1.29, 1.82) is 0 Å². The number of aromatic nitrogens is 6. The summed E-state index contributed by atoms with van der Waals surface area (Å²) < 4.78 is 20.9. The zero-order valence-corrected chi connectivity index (χ0v) is 25.3. The van der Waals surface area contributed by atoms with Crippen LogP contribution >= 0.6 is 11.6 Å². The van der Waals surface area contributed by atoms with Crippen LogP contribution in [0.2, 0.25) is 5.02 Å². The summed E-state index contributed by atoms with van der Waals surface area (Å²) in [5.41, 5.74) is 4.99. The third kappa shape index (κ3) is 5.31. The van der Waals surface area contributed by atoms with Crippen molar-refractivity contribution in [3.63, 3.8) is 0 Å². The van der Waals surface area contributed by atoms with Crippen LogP contribution in [0.5, 0.6) is 11.5 Å². The monoisotopic (exact) mass is 611 g/mol. The van der Waals surface area contributed by atoms with Gasteiger partial charge in [-0.05, 0) is 75.0 Å². The lowest BCUT2D eigenvalue weighted by atomic mass is 9.88. The molecule has 3 aliphatic heterocycles. The van der Waals surface area contributed by atoms with Crippen molar-refractivity contribution < 1.29 is 14.2 Å². The second-order valence-corrected chi connectivity index (χ2v) is 12.4. The number of fused-ring (bicyclic) bond motifs is 2. The predicted octanol–water partition coefficient (Wildman–Crippen LogP) is 5.86. The Morgan fingerprint density at radius 1 is 1.05 bits per heavy atom. The van der Waals surface area contributed by atoms with E-state index in [1.54, 1.807) is 0 Å². The molecule has 0 spiro atoms. The number of aryl methyl sites for hydroxylation is 1. The highest BCUT2D eigenvalue weighted by Crippen LogP contribution is 2.44. The standard InChI is InChI=1S/C33H34ClN7O3/c1-20-36-33(39-38-20)27-15-26-28(16-35-27)41(17-24-11-14-42-24)31(37-26)18-40-12-9-21(10-13-40)25-3-2-4-29-32(25)43-19-30(44-29)22-5-7-23(34)8-6-22/h2-8,15-16,21,24,30H,9-14,17-19H2,1H3,(H,36,38,39). The Morgan fingerprint density at radius 3 is 2.64 bits per heavy atom. The van der Waals surface area contributed by atoms with E-state index in [1.165, 1.54) is 5.56 Å². The first-order valence-electron chi connectivity index (χ1n) is 15.3. The minimum absolute atomic E-state index is 0.146. The molecule has 44 heavy (non-hydrogen) atoms. The van der Waals surface area contributed by atoms with Crippen molar-refractivity contribution in [1.82, 2.24) is 34.6 Å². The average molecular weight is 612 g/mol. The van der Waals surface area contributed by atoms with Gasteiger partial charge in [0.15, 0.2) is 23.4 Å². The number of nitrogens with one attached hydrogen (secondary N) is 1. The summed E-state index contributed by atoms with van der Waals surface area (Å²) in [5, 5.41) is 9.02. The summed E-state index contributed by atoms with van der Waals surface area (Å²) >= 11 is 6.08. The van der Waals surface area contributed by atoms with Gasteiger partial charge < -0.3 is 23.8 Å². The molecule has 2 fully saturated rings. The molecule has 5 aromatic rings. The molecule has 11 heteroatoms. The lowest BCUT2D eigenvalue weighted by Crippen LogP contribution is -2.35. The van der Waals surface area contributed by atoms with E-state index in [2.05, 4.69) is 41.8 Å². The van der Waals surface area contributed by atoms with Gasteiger partial charge in [0.1, 0.15) is 23.9 Å². The van der Waals surface area contributed by atoms with Crippen molar-refractivity contribution in [2.24, 2.45) is 0 Å². The molecule has 0 aliphatic carbocycles. The highest BCUT2D eigenvalue weighted by Gasteiger charge is 2.30. The number of piperidine rings is 1. The van der Waals surface area contributed by atoms with Gasteiger partial charge in [-0.15, -0.1) is 10.2 Å². The number of benzene rings is 2. The molecule has 0 bridgehead atoms. The van der Waals surface area contributed by atoms with Crippen molar-refractivity contribution in [2.75, 3.05) is 26.3 Å². The first-order valence-corrected chi connectivity index (χ1v) is 15.7. The van der Waals surface area contributed by atoms with E-state index in [1.807, 2.05) is 49.5 Å². The first-order chi connectivity index (χ1) is 21.6. The van der Waals surface area contributed by atoms with Crippen LogP contribution in [0.1, 0.15) is 54.1 Å². The van der Waals surface area contributed by atoms with E-state index < -0.39 is 0 Å². The number of imidazole rings is 1. The second kappa shape index (κ2) is 11.5. The normalized spacial score (nSPS) is 20.6. The molecule has 3 aliphatic rings. The minimum Gasteiger partial charge on any atom is -0.485 e. The number of pyridine rings is 1. The highest BCUT2D eigenvalue weighted by molar-refractivity contribution is 6.30. The van der Waals surface area contributed by atoms with Gasteiger partial charge in [0.25, 0.3) is 0 Å². The Morgan fingerprint density at radius 2 is 1.89 bits per heavy atom. The minimum atomic E-state index is -0.146. The van der Waals surface area contributed by atoms with Crippen LogP contribution in [0.3, 0.4) is 0 Å². The SMILES string of the molecule is Cc1nnc(-c2cc3nc(CN4CCC(c5cccc6c5OCC(c5ccc(Cl)cc5)O6)CC4)n(CC4CCO4)c3cn2)[nH]1. The summed E-state index contributed by atoms with van der Waals surface area (Å²) in [7, 11) is 0. The quantitative estimate of drug-likeness (QED) is 0.244. The smallest absolute Gasteiger partial charge is 0.180 e. The van der Waals surface area contributed by atoms with Crippen LogP contribution in [0, 0.1) is 6.92 Å². The Hall–Kier alpha value is -3.99. The van der Waals surface area contributed by atoms with E-state index in [0.717, 1.165) is 97.5 Å². The van der Waals surface area contributed by atoms with Gasteiger partial charge in [-0.3, -0.25) is 9.88 Å². The molecule has 6 heterocycles. The van der Waals surface area contributed by atoms with Crippen molar-refractivity contribution in [3.05, 3.63) is 82.5 Å². The second-order valence-electron chi connectivity index (χ2n) is 11.9. The summed E-state index contributed by atoms with van der Waals surface area (Å²) in [6.07, 6.45) is 5.14. The average Bonchev–Trinajstić information content (AvgIpc) is 3.61. The molecule has 10 nitrogen and oxygen atoms in total. The van der Waals surface area contributed by atoms with Crippen LogP contribution in [-0.4, -0.2) is 67.0 Å². The molecule has 1 N–H and O–H groups in total. The number of nitrogens with zero attached hydrogens (tertiary/aromatic N) is 6. The molecule has 2 unspecified atom stereocenters. The van der Waals surface area contributed by atoms with Gasteiger partial charge in [0.05, 0.1) is 36.4 Å². The van der Waals surface area contributed by atoms with Crippen molar-refractivity contribution >= 4 is 22.6 Å². The van der Waals surface area contributed by atoms with E-state index >= 15 is 0 Å². The van der Waals surface area contributed by atoms with Crippen LogP contribution < -0.4 is 9.47 Å². The van der Waals surface area contributed by atoms with Crippen LogP contribution in [0.15, 0.2) is 54.7 Å². The van der Waals surface area contributed by atoms with Crippen molar-refractivity contribution in [3.8, 4) is 23.0 Å². The molecule has 8 rings (SSSR count). The Bertz CT molecular complexity index is 1790. The summed E-state index contributed by atoms with van der Waals surface area (Å²) in [6, 6.07) is 16.1. The zero-order chi connectivity index (χ0) is 29.6. The largest absolute Gasteiger partial charge is 0.485 e. The van der Waals surface area contributed by atoms with Gasteiger partial charge in [-0.1, -0.05) is 35.9 Å². The third-order valence-electron chi connectivity index (χ3n) is 9.03. The van der Waals surface area contributed by atoms with Gasteiger partial charge in [0, 0.05) is 17.2 Å². The number of hydrogen-bond donors (Lipinski definition) is 1. The van der Waals surface area contributed by atoms with Crippen LogP contribution in [0.4, 0.5) is 0 Å². The van der Waals surface area contributed by atoms with E-state index in [-0.39, 0.29) is 12.2 Å². The van der Waals surface area contributed by atoms with Gasteiger partial charge in [0.2, 0.25) is 0 Å². The van der Waals surface area contributed by atoms with Crippen LogP contribution in [0.25, 0.3) is 22.6 Å². The lowest BCUT2D eigenvalue weighted by molar-refractivity contribution is -0.0592.